The zero-order valence-corrected chi connectivity index (χ0v) is 13.3. The predicted molar refractivity (Wildman–Crippen MR) is 87.6 cm³/mol. The molecule has 0 aromatic heterocycles. The first-order valence-corrected chi connectivity index (χ1v) is 8.87. The third-order valence-electron chi connectivity index (χ3n) is 6.20. The van der Waals surface area contributed by atoms with Crippen molar-refractivity contribution in [3.63, 3.8) is 0 Å². The van der Waals surface area contributed by atoms with E-state index in [1.165, 1.54) is 58.0 Å². The van der Waals surface area contributed by atoms with E-state index in [-0.39, 0.29) is 0 Å². The van der Waals surface area contributed by atoms with Crippen LogP contribution in [0.2, 0.25) is 0 Å². The average Bonchev–Trinajstić information content (AvgIpc) is 3.14. The third-order valence-corrected chi connectivity index (χ3v) is 6.20. The molecule has 1 saturated carbocycles. The number of piperazine rings is 1. The van der Waals surface area contributed by atoms with Crippen molar-refractivity contribution in [3.05, 3.63) is 35.4 Å². The maximum atomic E-state index is 3.93. The molecule has 1 N–H and O–H groups in total. The lowest BCUT2D eigenvalue weighted by Gasteiger charge is -2.49. The van der Waals surface area contributed by atoms with Crippen LogP contribution in [0.1, 0.15) is 50.2 Å². The van der Waals surface area contributed by atoms with Gasteiger partial charge in [-0.25, -0.2) is 0 Å². The van der Waals surface area contributed by atoms with Crippen LogP contribution in [-0.4, -0.2) is 35.6 Å². The van der Waals surface area contributed by atoms with Gasteiger partial charge in [0, 0.05) is 30.7 Å². The Labute approximate surface area is 128 Å². The fraction of sp³-hybridized carbons (Fsp3) is 0.684. The first kappa shape index (κ1) is 13.8. The van der Waals surface area contributed by atoms with Gasteiger partial charge in [-0.1, -0.05) is 44.0 Å². The molecule has 1 heterocycles. The fourth-order valence-electron chi connectivity index (χ4n) is 4.95. The van der Waals surface area contributed by atoms with Gasteiger partial charge in [-0.3, -0.25) is 4.90 Å². The quantitative estimate of drug-likeness (QED) is 0.897. The molecule has 1 atom stereocenters. The molecule has 2 aliphatic carbocycles. The summed E-state index contributed by atoms with van der Waals surface area (Å²) in [6, 6.07) is 10.6. The number of hydrogen-bond acceptors (Lipinski definition) is 2. The maximum Gasteiger partial charge on any atom is 0.0309 e. The van der Waals surface area contributed by atoms with Gasteiger partial charge in [-0.05, 0) is 43.2 Å². The summed E-state index contributed by atoms with van der Waals surface area (Å²) in [6.45, 7) is 4.83. The van der Waals surface area contributed by atoms with E-state index in [1.807, 2.05) is 0 Å². The van der Waals surface area contributed by atoms with Crippen molar-refractivity contribution in [2.24, 2.45) is 0 Å². The van der Waals surface area contributed by atoms with Crippen molar-refractivity contribution in [1.29, 1.82) is 0 Å². The zero-order chi connectivity index (χ0) is 14.3. The van der Waals surface area contributed by atoms with Crippen molar-refractivity contribution in [2.75, 3.05) is 13.1 Å². The highest BCUT2D eigenvalue weighted by Crippen LogP contribution is 2.36. The molecular weight excluding hydrogens is 256 g/mol. The lowest BCUT2D eigenvalue weighted by molar-refractivity contribution is 0.0439. The van der Waals surface area contributed by atoms with Crippen LogP contribution >= 0.6 is 0 Å². The Morgan fingerprint density at radius 2 is 1.81 bits per heavy atom. The van der Waals surface area contributed by atoms with Crippen LogP contribution in [0, 0.1) is 0 Å². The van der Waals surface area contributed by atoms with Crippen LogP contribution in [0.3, 0.4) is 0 Å². The molecule has 3 aliphatic rings. The van der Waals surface area contributed by atoms with Crippen molar-refractivity contribution in [1.82, 2.24) is 10.2 Å². The van der Waals surface area contributed by atoms with Crippen LogP contribution in [0.4, 0.5) is 0 Å². The summed E-state index contributed by atoms with van der Waals surface area (Å²) in [5, 5.41) is 3.93. The van der Waals surface area contributed by atoms with Gasteiger partial charge < -0.3 is 5.32 Å². The van der Waals surface area contributed by atoms with Gasteiger partial charge in [-0.2, -0.15) is 0 Å². The Morgan fingerprint density at radius 3 is 2.43 bits per heavy atom. The predicted octanol–water partition coefficient (Wildman–Crippen LogP) is 3.15. The Bertz CT molecular complexity index is 479. The second-order valence-corrected chi connectivity index (χ2v) is 7.43. The minimum Gasteiger partial charge on any atom is -0.308 e. The number of benzene rings is 1. The van der Waals surface area contributed by atoms with Crippen molar-refractivity contribution >= 4 is 0 Å². The Balaban J connectivity index is 1.54. The molecular formula is C19H28N2. The van der Waals surface area contributed by atoms with E-state index in [0.29, 0.717) is 5.54 Å². The van der Waals surface area contributed by atoms with Gasteiger partial charge in [0.1, 0.15) is 0 Å². The highest BCUT2D eigenvalue weighted by molar-refractivity contribution is 5.33. The Morgan fingerprint density at radius 1 is 1.14 bits per heavy atom. The molecule has 1 spiro atoms. The maximum absolute atomic E-state index is 3.93. The van der Waals surface area contributed by atoms with E-state index in [4.69, 9.17) is 0 Å². The van der Waals surface area contributed by atoms with Crippen LogP contribution in [-0.2, 0) is 12.8 Å². The average molecular weight is 284 g/mol. The van der Waals surface area contributed by atoms with E-state index in [1.54, 1.807) is 11.1 Å². The van der Waals surface area contributed by atoms with Crippen LogP contribution in [0.15, 0.2) is 24.3 Å². The van der Waals surface area contributed by atoms with Gasteiger partial charge in [0.15, 0.2) is 0 Å². The number of nitrogens with one attached hydrogen (secondary N) is 1. The molecule has 2 fully saturated rings. The van der Waals surface area contributed by atoms with Gasteiger partial charge in [0.25, 0.3) is 0 Å². The molecule has 1 aromatic carbocycles. The summed E-state index contributed by atoms with van der Waals surface area (Å²) >= 11 is 0. The van der Waals surface area contributed by atoms with Gasteiger partial charge in [0.2, 0.25) is 0 Å². The summed E-state index contributed by atoms with van der Waals surface area (Å²) in [5.74, 6) is 0. The minimum absolute atomic E-state index is 0.445. The largest absolute Gasteiger partial charge is 0.308 e. The highest BCUT2D eigenvalue weighted by atomic mass is 15.3. The molecule has 1 unspecified atom stereocenters. The van der Waals surface area contributed by atoms with Crippen LogP contribution in [0.25, 0.3) is 0 Å². The van der Waals surface area contributed by atoms with Gasteiger partial charge in [0.05, 0.1) is 0 Å². The van der Waals surface area contributed by atoms with Crippen molar-refractivity contribution < 1.29 is 0 Å². The molecule has 114 valence electrons. The van der Waals surface area contributed by atoms with Gasteiger partial charge in [-0.15, -0.1) is 0 Å². The minimum atomic E-state index is 0.445. The van der Waals surface area contributed by atoms with E-state index in [2.05, 4.69) is 41.4 Å². The van der Waals surface area contributed by atoms with Crippen molar-refractivity contribution in [2.45, 2.75) is 69.5 Å². The smallest absolute Gasteiger partial charge is 0.0309 e. The number of fused-ring (bicyclic) bond motifs is 1. The molecule has 4 rings (SSSR count). The zero-order valence-electron chi connectivity index (χ0n) is 13.3. The lowest BCUT2D eigenvalue weighted by Crippen LogP contribution is -2.65. The molecule has 0 amide bonds. The SMILES string of the molecule is CCC1CNC2(CCCC2)CN1C1Cc2ccccc2C1. The molecule has 21 heavy (non-hydrogen) atoms. The van der Waals surface area contributed by atoms with E-state index >= 15 is 0 Å². The fourth-order valence-corrected chi connectivity index (χ4v) is 4.95. The molecule has 1 saturated heterocycles. The number of rotatable bonds is 2. The third kappa shape index (κ3) is 2.43. The summed E-state index contributed by atoms with van der Waals surface area (Å²) in [4.78, 5) is 2.88. The second-order valence-electron chi connectivity index (χ2n) is 7.43. The molecule has 1 aromatic rings. The number of hydrogen-bond donors (Lipinski definition) is 1. The Kier molecular flexibility index (Phi) is 3.55. The van der Waals surface area contributed by atoms with E-state index in [0.717, 1.165) is 12.1 Å². The normalized spacial score (nSPS) is 29.1. The summed E-state index contributed by atoms with van der Waals surface area (Å²) < 4.78 is 0. The van der Waals surface area contributed by atoms with Crippen LogP contribution < -0.4 is 5.32 Å². The molecule has 2 heteroatoms. The topological polar surface area (TPSA) is 15.3 Å². The van der Waals surface area contributed by atoms with E-state index in [9.17, 15) is 0 Å². The summed E-state index contributed by atoms with van der Waals surface area (Å²) in [5.41, 5.74) is 3.63. The van der Waals surface area contributed by atoms with Gasteiger partial charge >= 0.3 is 0 Å². The first-order chi connectivity index (χ1) is 10.3. The highest BCUT2D eigenvalue weighted by Gasteiger charge is 2.43. The van der Waals surface area contributed by atoms with E-state index < -0.39 is 0 Å². The van der Waals surface area contributed by atoms with Crippen LogP contribution in [0.5, 0.6) is 0 Å². The molecule has 0 radical (unpaired) electrons. The summed E-state index contributed by atoms with van der Waals surface area (Å²) in [7, 11) is 0. The summed E-state index contributed by atoms with van der Waals surface area (Å²) in [6.07, 6.45) is 9.42. The monoisotopic (exact) mass is 284 g/mol. The second kappa shape index (κ2) is 5.40. The molecule has 0 bridgehead atoms. The molecule has 2 nitrogen and oxygen atoms in total. The number of nitrogens with zero attached hydrogens (tertiary/aromatic N) is 1. The Hall–Kier alpha value is -0.860. The van der Waals surface area contributed by atoms with Crippen molar-refractivity contribution in [3.8, 4) is 0 Å². The molecule has 1 aliphatic heterocycles. The lowest BCUT2D eigenvalue weighted by atomic mass is 9.90. The standard InChI is InChI=1S/C19H28N2/c1-2-17-13-20-19(9-5-6-10-19)14-21(17)18-11-15-7-3-4-8-16(15)12-18/h3-4,7-8,17-18,20H,2,5-6,9-14H2,1H3. The first-order valence-electron chi connectivity index (χ1n) is 8.87.